The minimum atomic E-state index is -0.136. The number of benzene rings is 1. The Morgan fingerprint density at radius 3 is 2.77 bits per heavy atom. The summed E-state index contributed by atoms with van der Waals surface area (Å²) in [6, 6.07) is 8.92. The van der Waals surface area contributed by atoms with E-state index in [2.05, 4.69) is 9.97 Å². The van der Waals surface area contributed by atoms with Gasteiger partial charge in [-0.2, -0.15) is 0 Å². The van der Waals surface area contributed by atoms with E-state index in [-0.39, 0.29) is 5.56 Å². The van der Waals surface area contributed by atoms with Gasteiger partial charge in [0.25, 0.3) is 5.56 Å². The predicted octanol–water partition coefficient (Wildman–Crippen LogP) is 1.86. The standard InChI is InChI=1S/C16H15N3O3/c1-21-12-5-6-14(22-2)11(8-12)9-19-10-18-15-13(16(19)20)4-3-7-17-15/h3-8,10H,9H2,1-2H3. The van der Waals surface area contributed by atoms with E-state index < -0.39 is 0 Å². The second-order valence-electron chi connectivity index (χ2n) is 4.73. The molecular weight excluding hydrogens is 282 g/mol. The third-order valence-electron chi connectivity index (χ3n) is 3.43. The summed E-state index contributed by atoms with van der Waals surface area (Å²) in [6.45, 7) is 0.344. The summed E-state index contributed by atoms with van der Waals surface area (Å²) in [7, 11) is 3.19. The van der Waals surface area contributed by atoms with Gasteiger partial charge in [0.1, 0.15) is 17.8 Å². The molecule has 0 aliphatic rings. The zero-order valence-corrected chi connectivity index (χ0v) is 12.3. The van der Waals surface area contributed by atoms with E-state index >= 15 is 0 Å². The predicted molar refractivity (Wildman–Crippen MR) is 82.4 cm³/mol. The monoisotopic (exact) mass is 297 g/mol. The first-order chi connectivity index (χ1) is 10.7. The molecule has 22 heavy (non-hydrogen) atoms. The maximum absolute atomic E-state index is 12.5. The molecule has 0 aliphatic carbocycles. The molecule has 3 aromatic rings. The van der Waals surface area contributed by atoms with Crippen molar-refractivity contribution in [3.63, 3.8) is 0 Å². The Hall–Kier alpha value is -2.89. The highest BCUT2D eigenvalue weighted by molar-refractivity contribution is 5.72. The second kappa shape index (κ2) is 5.85. The van der Waals surface area contributed by atoms with Crippen LogP contribution in [0.15, 0.2) is 47.7 Å². The lowest BCUT2D eigenvalue weighted by Gasteiger charge is -2.12. The summed E-state index contributed by atoms with van der Waals surface area (Å²) in [6.07, 6.45) is 3.11. The van der Waals surface area contributed by atoms with E-state index in [1.54, 1.807) is 32.5 Å². The van der Waals surface area contributed by atoms with Gasteiger partial charge in [-0.15, -0.1) is 0 Å². The zero-order valence-electron chi connectivity index (χ0n) is 12.3. The fourth-order valence-electron chi connectivity index (χ4n) is 2.30. The summed E-state index contributed by atoms with van der Waals surface area (Å²) in [4.78, 5) is 20.8. The number of fused-ring (bicyclic) bond motifs is 1. The third kappa shape index (κ3) is 2.50. The Balaban J connectivity index is 2.07. The van der Waals surface area contributed by atoms with Gasteiger partial charge < -0.3 is 9.47 Å². The number of ether oxygens (including phenoxy) is 2. The van der Waals surface area contributed by atoms with Gasteiger partial charge in [0, 0.05) is 11.8 Å². The van der Waals surface area contributed by atoms with Crippen LogP contribution in [0.25, 0.3) is 11.0 Å². The van der Waals surface area contributed by atoms with Crippen molar-refractivity contribution in [1.82, 2.24) is 14.5 Å². The van der Waals surface area contributed by atoms with E-state index in [1.165, 1.54) is 10.9 Å². The smallest absolute Gasteiger partial charge is 0.263 e. The molecule has 6 nitrogen and oxygen atoms in total. The normalized spacial score (nSPS) is 10.6. The molecule has 0 bridgehead atoms. The van der Waals surface area contributed by atoms with Crippen molar-refractivity contribution in [2.75, 3.05) is 14.2 Å². The van der Waals surface area contributed by atoms with Crippen molar-refractivity contribution in [2.24, 2.45) is 0 Å². The zero-order chi connectivity index (χ0) is 15.5. The molecule has 1 aromatic carbocycles. The lowest BCUT2D eigenvalue weighted by atomic mass is 10.2. The van der Waals surface area contributed by atoms with Gasteiger partial charge in [0.05, 0.1) is 26.2 Å². The van der Waals surface area contributed by atoms with E-state index in [0.717, 1.165) is 5.56 Å². The number of hydrogen-bond acceptors (Lipinski definition) is 5. The molecule has 0 saturated heterocycles. The SMILES string of the molecule is COc1ccc(OC)c(Cn2cnc3ncccc3c2=O)c1. The average molecular weight is 297 g/mol. The molecule has 0 radical (unpaired) electrons. The van der Waals surface area contributed by atoms with Crippen LogP contribution in [0.4, 0.5) is 0 Å². The third-order valence-corrected chi connectivity index (χ3v) is 3.43. The van der Waals surface area contributed by atoms with Crippen LogP contribution >= 0.6 is 0 Å². The van der Waals surface area contributed by atoms with Crippen LogP contribution < -0.4 is 15.0 Å². The molecule has 0 atom stereocenters. The van der Waals surface area contributed by atoms with Gasteiger partial charge in [0.15, 0.2) is 5.65 Å². The van der Waals surface area contributed by atoms with Gasteiger partial charge in [-0.25, -0.2) is 9.97 Å². The Morgan fingerprint density at radius 2 is 2.00 bits per heavy atom. The highest BCUT2D eigenvalue weighted by Gasteiger charge is 2.09. The van der Waals surface area contributed by atoms with Gasteiger partial charge in [-0.1, -0.05) is 0 Å². The molecule has 3 rings (SSSR count). The molecule has 2 aromatic heterocycles. The number of rotatable bonds is 4. The van der Waals surface area contributed by atoms with Crippen molar-refractivity contribution >= 4 is 11.0 Å². The molecule has 0 aliphatic heterocycles. The average Bonchev–Trinajstić information content (AvgIpc) is 2.57. The van der Waals surface area contributed by atoms with Crippen LogP contribution in [-0.2, 0) is 6.54 Å². The van der Waals surface area contributed by atoms with Gasteiger partial charge >= 0.3 is 0 Å². The molecule has 0 amide bonds. The van der Waals surface area contributed by atoms with Gasteiger partial charge in [0.2, 0.25) is 0 Å². The molecule has 0 fully saturated rings. The van der Waals surface area contributed by atoms with Crippen molar-refractivity contribution in [2.45, 2.75) is 6.54 Å². The van der Waals surface area contributed by atoms with Crippen molar-refractivity contribution in [1.29, 1.82) is 0 Å². The Bertz CT molecular complexity index is 874. The van der Waals surface area contributed by atoms with E-state index in [0.29, 0.717) is 29.1 Å². The fraction of sp³-hybridized carbons (Fsp3) is 0.188. The number of hydrogen-bond donors (Lipinski definition) is 0. The summed E-state index contributed by atoms with van der Waals surface area (Å²) in [5, 5.41) is 0.492. The summed E-state index contributed by atoms with van der Waals surface area (Å²) in [5.74, 6) is 1.40. The Kier molecular flexibility index (Phi) is 3.74. The van der Waals surface area contributed by atoms with Crippen molar-refractivity contribution in [3.8, 4) is 11.5 Å². The molecular formula is C16H15N3O3. The molecule has 112 valence electrons. The van der Waals surface area contributed by atoms with Crippen LogP contribution in [-0.4, -0.2) is 28.8 Å². The molecule has 0 spiro atoms. The highest BCUT2D eigenvalue weighted by Crippen LogP contribution is 2.24. The van der Waals surface area contributed by atoms with Gasteiger partial charge in [-0.3, -0.25) is 9.36 Å². The summed E-state index contributed by atoms with van der Waals surface area (Å²) in [5.41, 5.74) is 1.15. The van der Waals surface area contributed by atoms with Crippen molar-refractivity contribution in [3.05, 3.63) is 58.8 Å². The highest BCUT2D eigenvalue weighted by atomic mass is 16.5. The van der Waals surface area contributed by atoms with Crippen molar-refractivity contribution < 1.29 is 9.47 Å². The molecule has 0 N–H and O–H groups in total. The first-order valence-corrected chi connectivity index (χ1v) is 6.74. The molecule has 6 heteroatoms. The molecule has 2 heterocycles. The van der Waals surface area contributed by atoms with Crippen LogP contribution in [0, 0.1) is 0 Å². The molecule has 0 unspecified atom stereocenters. The minimum Gasteiger partial charge on any atom is -0.497 e. The summed E-state index contributed by atoms with van der Waals surface area (Å²) >= 11 is 0. The first-order valence-electron chi connectivity index (χ1n) is 6.74. The van der Waals surface area contributed by atoms with Crippen LogP contribution in [0.1, 0.15) is 5.56 Å². The minimum absolute atomic E-state index is 0.136. The summed E-state index contributed by atoms with van der Waals surface area (Å²) < 4.78 is 12.1. The maximum Gasteiger partial charge on any atom is 0.263 e. The maximum atomic E-state index is 12.5. The second-order valence-corrected chi connectivity index (χ2v) is 4.73. The topological polar surface area (TPSA) is 66.2 Å². The largest absolute Gasteiger partial charge is 0.497 e. The van der Waals surface area contributed by atoms with Crippen LogP contribution in [0.3, 0.4) is 0 Å². The van der Waals surface area contributed by atoms with E-state index in [4.69, 9.17) is 9.47 Å². The van der Waals surface area contributed by atoms with Crippen LogP contribution in [0.5, 0.6) is 11.5 Å². The first kappa shape index (κ1) is 14.1. The lowest BCUT2D eigenvalue weighted by molar-refractivity contribution is 0.397. The quantitative estimate of drug-likeness (QED) is 0.735. The van der Waals surface area contributed by atoms with E-state index in [9.17, 15) is 4.79 Å². The number of nitrogens with zero attached hydrogens (tertiary/aromatic N) is 3. The molecule has 0 saturated carbocycles. The van der Waals surface area contributed by atoms with Gasteiger partial charge in [-0.05, 0) is 30.3 Å². The fourth-order valence-corrected chi connectivity index (χ4v) is 2.30. The number of pyridine rings is 1. The van der Waals surface area contributed by atoms with Crippen LogP contribution in [0.2, 0.25) is 0 Å². The van der Waals surface area contributed by atoms with E-state index in [1.807, 2.05) is 18.2 Å². The lowest BCUT2D eigenvalue weighted by Crippen LogP contribution is -2.21. The number of aromatic nitrogens is 3. The Morgan fingerprint density at radius 1 is 1.14 bits per heavy atom. The Labute approximate surface area is 127 Å². The number of methoxy groups -OCH3 is 2.